The van der Waals surface area contributed by atoms with Gasteiger partial charge in [0.25, 0.3) is 0 Å². The Balaban J connectivity index is 2.01. The summed E-state index contributed by atoms with van der Waals surface area (Å²) in [5, 5.41) is 3.43. The van der Waals surface area contributed by atoms with Crippen LogP contribution >= 0.6 is 0 Å². The fraction of sp³-hybridized carbons (Fsp3) is 1.00. The maximum atomic E-state index is 5.88. The van der Waals surface area contributed by atoms with E-state index in [2.05, 4.69) is 5.32 Å². The second kappa shape index (κ2) is 4.63. The molecule has 0 unspecified atom stereocenters. The highest BCUT2D eigenvalue weighted by molar-refractivity contribution is 4.93. The van der Waals surface area contributed by atoms with E-state index >= 15 is 0 Å². The molecule has 0 bridgehead atoms. The van der Waals surface area contributed by atoms with Crippen LogP contribution < -0.4 is 5.32 Å². The number of rotatable bonds is 2. The minimum Gasteiger partial charge on any atom is -0.378 e. The number of hydrogen-bond donors (Lipinski definition) is 1. The molecule has 1 N–H and O–H groups in total. The third-order valence-corrected chi connectivity index (χ3v) is 4.21. The number of nitrogens with one attached hydrogen (secondary N) is 1. The molecular formula is C12H23NO. The van der Waals surface area contributed by atoms with E-state index in [1.165, 1.54) is 44.9 Å². The SMILES string of the molecule is COC1(C2CCCCC2)CCNCC1. The lowest BCUT2D eigenvalue weighted by Gasteiger charge is -2.44. The lowest BCUT2D eigenvalue weighted by atomic mass is 9.72. The van der Waals surface area contributed by atoms with Crippen molar-refractivity contribution in [3.63, 3.8) is 0 Å². The lowest BCUT2D eigenvalue weighted by Crippen LogP contribution is -2.49. The van der Waals surface area contributed by atoms with Crippen molar-refractivity contribution in [2.45, 2.75) is 50.5 Å². The maximum Gasteiger partial charge on any atom is 0.0730 e. The molecule has 82 valence electrons. The van der Waals surface area contributed by atoms with Crippen LogP contribution in [0.3, 0.4) is 0 Å². The molecule has 0 spiro atoms. The van der Waals surface area contributed by atoms with Gasteiger partial charge in [-0.05, 0) is 44.7 Å². The van der Waals surface area contributed by atoms with E-state index in [1.807, 2.05) is 7.11 Å². The second-order valence-corrected chi connectivity index (χ2v) is 4.85. The molecule has 0 amide bonds. The minimum absolute atomic E-state index is 0.228. The van der Waals surface area contributed by atoms with Gasteiger partial charge in [0, 0.05) is 7.11 Å². The van der Waals surface area contributed by atoms with Crippen LogP contribution in [0.4, 0.5) is 0 Å². The van der Waals surface area contributed by atoms with Gasteiger partial charge in [-0.15, -0.1) is 0 Å². The molecule has 2 rings (SSSR count). The van der Waals surface area contributed by atoms with Crippen molar-refractivity contribution in [1.82, 2.24) is 5.32 Å². The third kappa shape index (κ3) is 1.96. The summed E-state index contributed by atoms with van der Waals surface area (Å²) in [6, 6.07) is 0. The first-order chi connectivity index (χ1) is 6.87. The molecule has 14 heavy (non-hydrogen) atoms. The summed E-state index contributed by atoms with van der Waals surface area (Å²) < 4.78 is 5.88. The quantitative estimate of drug-likeness (QED) is 0.733. The summed E-state index contributed by atoms with van der Waals surface area (Å²) in [7, 11) is 1.92. The summed E-state index contributed by atoms with van der Waals surface area (Å²) in [5.41, 5.74) is 0.228. The maximum absolute atomic E-state index is 5.88. The molecular weight excluding hydrogens is 174 g/mol. The van der Waals surface area contributed by atoms with E-state index < -0.39 is 0 Å². The molecule has 2 nitrogen and oxygen atoms in total. The Hall–Kier alpha value is -0.0800. The first kappa shape index (κ1) is 10.4. The average Bonchev–Trinajstić information content (AvgIpc) is 2.31. The molecule has 0 aromatic carbocycles. The van der Waals surface area contributed by atoms with Gasteiger partial charge in [0.05, 0.1) is 5.60 Å². The van der Waals surface area contributed by atoms with Crippen molar-refractivity contribution in [1.29, 1.82) is 0 Å². The fourth-order valence-corrected chi connectivity index (χ4v) is 3.26. The Morgan fingerprint density at radius 2 is 1.71 bits per heavy atom. The van der Waals surface area contributed by atoms with E-state index in [9.17, 15) is 0 Å². The third-order valence-electron chi connectivity index (χ3n) is 4.21. The van der Waals surface area contributed by atoms with Gasteiger partial charge in [0.1, 0.15) is 0 Å². The average molecular weight is 197 g/mol. The molecule has 0 atom stereocenters. The fourth-order valence-electron chi connectivity index (χ4n) is 3.26. The van der Waals surface area contributed by atoms with Crippen LogP contribution in [0.15, 0.2) is 0 Å². The van der Waals surface area contributed by atoms with Gasteiger partial charge in [-0.3, -0.25) is 0 Å². The van der Waals surface area contributed by atoms with Gasteiger partial charge in [-0.1, -0.05) is 19.3 Å². The number of ether oxygens (including phenoxy) is 1. The molecule has 1 aliphatic carbocycles. The van der Waals surface area contributed by atoms with Gasteiger partial charge in [-0.2, -0.15) is 0 Å². The van der Waals surface area contributed by atoms with Gasteiger partial charge < -0.3 is 10.1 Å². The first-order valence-electron chi connectivity index (χ1n) is 6.13. The largest absolute Gasteiger partial charge is 0.378 e. The van der Waals surface area contributed by atoms with Gasteiger partial charge in [-0.25, -0.2) is 0 Å². The van der Waals surface area contributed by atoms with E-state index in [0.717, 1.165) is 19.0 Å². The summed E-state index contributed by atoms with van der Waals surface area (Å²) >= 11 is 0. The van der Waals surface area contributed by atoms with E-state index in [-0.39, 0.29) is 5.60 Å². The Morgan fingerprint density at radius 1 is 1.07 bits per heavy atom. The molecule has 0 aromatic rings. The Labute approximate surface area is 87.4 Å². The molecule has 1 saturated carbocycles. The predicted molar refractivity (Wildman–Crippen MR) is 58.4 cm³/mol. The van der Waals surface area contributed by atoms with Crippen LogP contribution in [0.25, 0.3) is 0 Å². The van der Waals surface area contributed by atoms with Crippen LogP contribution in [0.2, 0.25) is 0 Å². The number of methoxy groups -OCH3 is 1. The van der Waals surface area contributed by atoms with E-state index in [1.54, 1.807) is 0 Å². The zero-order chi connectivity index (χ0) is 9.86. The summed E-state index contributed by atoms with van der Waals surface area (Å²) in [6.45, 7) is 2.29. The summed E-state index contributed by atoms with van der Waals surface area (Å²) in [6.07, 6.45) is 9.50. The predicted octanol–water partition coefficient (Wildman–Crippen LogP) is 2.34. The van der Waals surface area contributed by atoms with Crippen LogP contribution in [0, 0.1) is 5.92 Å². The Bertz CT molecular complexity index is 169. The first-order valence-corrected chi connectivity index (χ1v) is 6.13. The lowest BCUT2D eigenvalue weighted by molar-refractivity contribution is -0.0891. The monoisotopic (exact) mass is 197 g/mol. The van der Waals surface area contributed by atoms with Crippen molar-refractivity contribution in [3.8, 4) is 0 Å². The van der Waals surface area contributed by atoms with Crippen molar-refractivity contribution >= 4 is 0 Å². The topological polar surface area (TPSA) is 21.3 Å². The van der Waals surface area contributed by atoms with Crippen molar-refractivity contribution in [2.24, 2.45) is 5.92 Å². The van der Waals surface area contributed by atoms with Crippen molar-refractivity contribution in [2.75, 3.05) is 20.2 Å². The molecule has 0 radical (unpaired) electrons. The van der Waals surface area contributed by atoms with Crippen LogP contribution in [0.5, 0.6) is 0 Å². The standard InChI is InChI=1S/C12H23NO/c1-14-12(7-9-13-10-8-12)11-5-3-2-4-6-11/h11,13H,2-10H2,1H3. The molecule has 1 saturated heterocycles. The van der Waals surface area contributed by atoms with Crippen molar-refractivity contribution in [3.05, 3.63) is 0 Å². The second-order valence-electron chi connectivity index (χ2n) is 4.85. The van der Waals surface area contributed by atoms with E-state index in [0.29, 0.717) is 0 Å². The Morgan fingerprint density at radius 3 is 2.29 bits per heavy atom. The Kier molecular flexibility index (Phi) is 3.45. The molecule has 2 fully saturated rings. The summed E-state index contributed by atoms with van der Waals surface area (Å²) in [4.78, 5) is 0. The van der Waals surface area contributed by atoms with Crippen LogP contribution in [0.1, 0.15) is 44.9 Å². The molecule has 1 heterocycles. The van der Waals surface area contributed by atoms with Gasteiger partial charge in [0.2, 0.25) is 0 Å². The normalized spacial score (nSPS) is 28.9. The van der Waals surface area contributed by atoms with Crippen LogP contribution in [-0.2, 0) is 4.74 Å². The molecule has 0 aromatic heterocycles. The highest BCUT2D eigenvalue weighted by atomic mass is 16.5. The van der Waals surface area contributed by atoms with Crippen molar-refractivity contribution < 1.29 is 4.74 Å². The summed E-state index contributed by atoms with van der Waals surface area (Å²) in [5.74, 6) is 0.836. The van der Waals surface area contributed by atoms with Gasteiger partial charge in [0.15, 0.2) is 0 Å². The molecule has 1 aliphatic heterocycles. The minimum atomic E-state index is 0.228. The van der Waals surface area contributed by atoms with Crippen LogP contribution in [-0.4, -0.2) is 25.8 Å². The van der Waals surface area contributed by atoms with E-state index in [4.69, 9.17) is 4.74 Å². The molecule has 2 aliphatic rings. The zero-order valence-electron chi connectivity index (χ0n) is 9.35. The highest BCUT2D eigenvalue weighted by Gasteiger charge is 2.39. The highest BCUT2D eigenvalue weighted by Crippen LogP contribution is 2.39. The van der Waals surface area contributed by atoms with Gasteiger partial charge >= 0.3 is 0 Å². The molecule has 2 heteroatoms. The zero-order valence-corrected chi connectivity index (χ0v) is 9.35. The number of hydrogen-bond acceptors (Lipinski definition) is 2. The number of piperidine rings is 1. The smallest absolute Gasteiger partial charge is 0.0730 e.